The first-order chi connectivity index (χ1) is 16.0. The number of carbonyl (C=O) groups is 1. The summed E-state index contributed by atoms with van der Waals surface area (Å²) in [6, 6.07) is 17.0. The average molecular weight is 495 g/mol. The smallest absolute Gasteiger partial charge is 0.348 e. The van der Waals surface area contributed by atoms with Crippen molar-refractivity contribution in [2.45, 2.75) is 30.6 Å². The monoisotopic (exact) mass is 494 g/mol. The van der Waals surface area contributed by atoms with Gasteiger partial charge in [-0.25, -0.2) is 12.8 Å². The van der Waals surface area contributed by atoms with E-state index in [1.807, 2.05) is 0 Å². The Hall–Kier alpha value is -3.24. The van der Waals surface area contributed by atoms with Crippen LogP contribution >= 0.6 is 0 Å². The lowest BCUT2D eigenvalue weighted by atomic mass is 10.1. The van der Waals surface area contributed by atoms with E-state index in [1.165, 1.54) is 18.2 Å². The number of halogens is 4. The molecule has 0 aliphatic carbocycles. The largest absolute Gasteiger partial charge is 0.417 e. The number of hydrogen-bond acceptors (Lipinski definition) is 3. The lowest BCUT2D eigenvalue weighted by Gasteiger charge is -2.25. The molecule has 3 aromatic carbocycles. The molecule has 0 fully saturated rings. The number of carbonyl (C=O) groups excluding carboxylic acids is 1. The molecule has 1 atom stereocenters. The summed E-state index contributed by atoms with van der Waals surface area (Å²) in [5, 5.41) is 2.66. The topological polar surface area (TPSA) is 66.5 Å². The minimum absolute atomic E-state index is 0.304. The summed E-state index contributed by atoms with van der Waals surface area (Å²) in [4.78, 5) is 11.8. The molecule has 0 saturated carbocycles. The summed E-state index contributed by atoms with van der Waals surface area (Å²) in [6.07, 6.45) is -4.92. The molecule has 0 spiro atoms. The summed E-state index contributed by atoms with van der Waals surface area (Å²) < 4.78 is 81.2. The zero-order valence-electron chi connectivity index (χ0n) is 18.1. The Labute approximate surface area is 195 Å². The zero-order chi connectivity index (χ0) is 24.9. The second-order valence-electron chi connectivity index (χ2n) is 7.59. The van der Waals surface area contributed by atoms with Crippen molar-refractivity contribution in [3.05, 3.63) is 101 Å². The number of rotatable bonds is 8. The highest BCUT2D eigenvalue weighted by atomic mass is 32.2. The van der Waals surface area contributed by atoms with Crippen molar-refractivity contribution in [3.63, 3.8) is 0 Å². The number of nitrogens with zero attached hydrogens (tertiary/aromatic N) is 1. The van der Waals surface area contributed by atoms with Crippen molar-refractivity contribution in [3.8, 4) is 0 Å². The summed E-state index contributed by atoms with van der Waals surface area (Å²) in [7, 11) is -4.76. The second kappa shape index (κ2) is 10.4. The van der Waals surface area contributed by atoms with E-state index in [0.717, 1.165) is 29.8 Å². The SMILES string of the molecule is C[C@@H](NC(=O)CN(Cc1ccc(F)cc1)S(=O)(=O)c1ccccc1C(F)(F)F)c1ccccc1. The maximum Gasteiger partial charge on any atom is 0.417 e. The van der Waals surface area contributed by atoms with Crippen molar-refractivity contribution in [2.75, 3.05) is 6.54 Å². The minimum atomic E-state index is -4.92. The van der Waals surface area contributed by atoms with E-state index in [0.29, 0.717) is 15.9 Å². The molecule has 3 rings (SSSR count). The van der Waals surface area contributed by atoms with Gasteiger partial charge >= 0.3 is 6.18 Å². The molecule has 0 radical (unpaired) electrons. The fourth-order valence-corrected chi connectivity index (χ4v) is 4.95. The molecule has 180 valence electrons. The number of sulfonamides is 1. The molecule has 0 aliphatic heterocycles. The van der Waals surface area contributed by atoms with Crippen LogP contribution in [0.4, 0.5) is 17.6 Å². The van der Waals surface area contributed by atoms with Crippen molar-refractivity contribution in [1.82, 2.24) is 9.62 Å². The van der Waals surface area contributed by atoms with Gasteiger partial charge in [-0.05, 0) is 42.3 Å². The standard InChI is InChI=1S/C24H22F4N2O3S/c1-17(19-7-3-2-4-8-19)29-23(31)16-30(15-18-11-13-20(25)14-12-18)34(32,33)22-10-6-5-9-21(22)24(26,27)28/h2-14,17H,15-16H2,1H3,(H,29,31)/t17-/m1/s1. The lowest BCUT2D eigenvalue weighted by molar-refractivity contribution is -0.139. The highest BCUT2D eigenvalue weighted by molar-refractivity contribution is 7.89. The van der Waals surface area contributed by atoms with Gasteiger partial charge in [0.1, 0.15) is 5.82 Å². The van der Waals surface area contributed by atoms with Crippen LogP contribution < -0.4 is 5.32 Å². The van der Waals surface area contributed by atoms with E-state index in [2.05, 4.69) is 5.32 Å². The predicted molar refractivity (Wildman–Crippen MR) is 118 cm³/mol. The van der Waals surface area contributed by atoms with Gasteiger partial charge in [0, 0.05) is 6.54 Å². The first-order valence-electron chi connectivity index (χ1n) is 10.2. The minimum Gasteiger partial charge on any atom is -0.348 e. The van der Waals surface area contributed by atoms with Crippen LogP contribution in [0.1, 0.15) is 29.7 Å². The van der Waals surface area contributed by atoms with E-state index in [1.54, 1.807) is 37.3 Å². The molecule has 0 saturated heterocycles. The van der Waals surface area contributed by atoms with Crippen LogP contribution in [0.2, 0.25) is 0 Å². The van der Waals surface area contributed by atoms with Crippen LogP contribution in [0.25, 0.3) is 0 Å². The Balaban J connectivity index is 1.94. The van der Waals surface area contributed by atoms with E-state index < -0.39 is 57.5 Å². The van der Waals surface area contributed by atoms with E-state index in [4.69, 9.17) is 0 Å². The van der Waals surface area contributed by atoms with Crippen molar-refractivity contribution in [2.24, 2.45) is 0 Å². The third-order valence-electron chi connectivity index (χ3n) is 5.08. The van der Waals surface area contributed by atoms with Crippen molar-refractivity contribution >= 4 is 15.9 Å². The molecular formula is C24H22F4N2O3S. The van der Waals surface area contributed by atoms with Gasteiger partial charge in [-0.15, -0.1) is 0 Å². The number of amides is 1. The van der Waals surface area contributed by atoms with Gasteiger partial charge in [0.25, 0.3) is 0 Å². The van der Waals surface area contributed by atoms with E-state index >= 15 is 0 Å². The van der Waals surface area contributed by atoms with E-state index in [-0.39, 0.29) is 0 Å². The van der Waals surface area contributed by atoms with Gasteiger partial charge in [-0.1, -0.05) is 54.6 Å². The maximum atomic E-state index is 13.5. The molecule has 1 N–H and O–H groups in total. The Kier molecular flexibility index (Phi) is 7.73. The van der Waals surface area contributed by atoms with Gasteiger partial charge < -0.3 is 5.32 Å². The van der Waals surface area contributed by atoms with Gasteiger partial charge in [0.2, 0.25) is 15.9 Å². The maximum absolute atomic E-state index is 13.5. The fraction of sp³-hybridized carbons (Fsp3) is 0.208. The molecule has 0 aromatic heterocycles. The third-order valence-corrected chi connectivity index (χ3v) is 6.93. The average Bonchev–Trinajstić information content (AvgIpc) is 2.80. The van der Waals surface area contributed by atoms with Gasteiger partial charge in [-0.3, -0.25) is 4.79 Å². The molecule has 0 heterocycles. The molecule has 34 heavy (non-hydrogen) atoms. The van der Waals surface area contributed by atoms with Crippen LogP contribution in [0.15, 0.2) is 83.8 Å². The molecule has 5 nitrogen and oxygen atoms in total. The van der Waals surface area contributed by atoms with Crippen LogP contribution in [-0.2, 0) is 27.5 Å². The first kappa shape index (κ1) is 25.4. The van der Waals surface area contributed by atoms with Gasteiger partial charge in [-0.2, -0.15) is 17.5 Å². The predicted octanol–water partition coefficient (Wildman–Crippen LogP) is 4.91. The first-order valence-corrected chi connectivity index (χ1v) is 11.7. The zero-order valence-corrected chi connectivity index (χ0v) is 18.9. The van der Waals surface area contributed by atoms with E-state index in [9.17, 15) is 30.8 Å². The normalized spacial score (nSPS) is 13.0. The quantitative estimate of drug-likeness (QED) is 0.453. The molecular weight excluding hydrogens is 472 g/mol. The molecule has 1 amide bonds. The van der Waals surface area contributed by atoms with Crippen LogP contribution in [0.5, 0.6) is 0 Å². The Morgan fingerprint density at radius 3 is 2.15 bits per heavy atom. The Morgan fingerprint density at radius 1 is 0.941 bits per heavy atom. The van der Waals surface area contributed by atoms with Crippen molar-refractivity contribution < 1.29 is 30.8 Å². The van der Waals surface area contributed by atoms with Gasteiger partial charge in [0.15, 0.2) is 0 Å². The van der Waals surface area contributed by atoms with Crippen LogP contribution in [0.3, 0.4) is 0 Å². The number of nitrogens with one attached hydrogen (secondary N) is 1. The number of benzene rings is 3. The number of alkyl halides is 3. The lowest BCUT2D eigenvalue weighted by Crippen LogP contribution is -2.41. The van der Waals surface area contributed by atoms with Crippen molar-refractivity contribution in [1.29, 1.82) is 0 Å². The second-order valence-corrected chi connectivity index (χ2v) is 9.50. The molecule has 0 aliphatic rings. The molecule has 0 unspecified atom stereocenters. The van der Waals surface area contributed by atoms with Gasteiger partial charge in [0.05, 0.1) is 23.0 Å². The van der Waals surface area contributed by atoms with Crippen LogP contribution in [0, 0.1) is 5.82 Å². The number of hydrogen-bond donors (Lipinski definition) is 1. The highest BCUT2D eigenvalue weighted by Gasteiger charge is 2.39. The summed E-state index contributed by atoms with van der Waals surface area (Å²) >= 11 is 0. The fourth-order valence-electron chi connectivity index (χ4n) is 3.36. The summed E-state index contributed by atoms with van der Waals surface area (Å²) in [5.74, 6) is -1.26. The highest BCUT2D eigenvalue weighted by Crippen LogP contribution is 2.35. The Morgan fingerprint density at radius 2 is 1.53 bits per heavy atom. The third kappa shape index (κ3) is 6.21. The Bertz CT molecular complexity index is 1230. The van der Waals surface area contributed by atoms with Crippen LogP contribution in [-0.4, -0.2) is 25.2 Å². The molecule has 0 bridgehead atoms. The summed E-state index contributed by atoms with van der Waals surface area (Å²) in [6.45, 7) is 0.538. The summed E-state index contributed by atoms with van der Waals surface area (Å²) in [5.41, 5.74) is -0.262. The molecule has 10 heteroatoms. The molecule has 3 aromatic rings.